The number of nitrogens with two attached hydrogens (primary N) is 1. The van der Waals surface area contributed by atoms with E-state index in [0.29, 0.717) is 0 Å². The van der Waals surface area contributed by atoms with Crippen molar-refractivity contribution in [3.63, 3.8) is 0 Å². The molecule has 5 heteroatoms. The predicted molar refractivity (Wildman–Crippen MR) is 83.9 cm³/mol. The molecule has 3 atom stereocenters. The van der Waals surface area contributed by atoms with Gasteiger partial charge in [-0.05, 0) is 36.8 Å². The second-order valence-electron chi connectivity index (χ2n) is 5.67. The van der Waals surface area contributed by atoms with Gasteiger partial charge < -0.3 is 11.1 Å². The lowest BCUT2D eigenvalue weighted by atomic mass is 10.0. The van der Waals surface area contributed by atoms with Crippen molar-refractivity contribution in [3.05, 3.63) is 21.9 Å². The first kappa shape index (κ1) is 15.5. The predicted octanol–water partition coefficient (Wildman–Crippen LogP) is 2.05. The van der Waals surface area contributed by atoms with E-state index in [1.54, 1.807) is 18.3 Å². The molecule has 0 saturated carbocycles. The number of amides is 1. The number of rotatable bonds is 5. The normalized spacial score (nSPS) is 22.7. The zero-order valence-electron chi connectivity index (χ0n) is 12.6. The largest absolute Gasteiger partial charge is 0.352 e. The molecule has 1 amide bonds. The van der Waals surface area contributed by atoms with E-state index in [-0.39, 0.29) is 24.0 Å². The fourth-order valence-electron chi connectivity index (χ4n) is 2.99. The minimum atomic E-state index is 0.0560. The molecule has 3 N–H and O–H groups in total. The Morgan fingerprint density at radius 1 is 1.65 bits per heavy atom. The molecule has 0 aromatic carbocycles. The molecular formula is C15H25N3OS. The first-order chi connectivity index (χ1) is 9.52. The summed E-state index contributed by atoms with van der Waals surface area (Å²) in [5, 5.41) is 5.17. The van der Waals surface area contributed by atoms with Gasteiger partial charge in [0.25, 0.3) is 0 Å². The Labute approximate surface area is 125 Å². The quantitative estimate of drug-likeness (QED) is 0.874. The second kappa shape index (κ2) is 6.70. The van der Waals surface area contributed by atoms with Gasteiger partial charge in [0.2, 0.25) is 5.91 Å². The van der Waals surface area contributed by atoms with Crippen LogP contribution in [0.5, 0.6) is 0 Å². The van der Waals surface area contributed by atoms with E-state index in [4.69, 9.17) is 5.73 Å². The lowest BCUT2D eigenvalue weighted by Crippen LogP contribution is -2.42. The lowest BCUT2D eigenvalue weighted by Gasteiger charge is -2.32. The van der Waals surface area contributed by atoms with E-state index in [1.165, 1.54) is 10.4 Å². The van der Waals surface area contributed by atoms with Crippen LogP contribution in [0, 0.1) is 6.92 Å². The van der Waals surface area contributed by atoms with Gasteiger partial charge >= 0.3 is 0 Å². The maximum absolute atomic E-state index is 11.2. The molecule has 1 aliphatic heterocycles. The summed E-state index contributed by atoms with van der Waals surface area (Å²) in [7, 11) is 0. The summed E-state index contributed by atoms with van der Waals surface area (Å²) in [6.45, 7) is 7.78. The van der Waals surface area contributed by atoms with Crippen molar-refractivity contribution in [2.45, 2.75) is 51.7 Å². The molecule has 1 saturated heterocycles. The molecule has 0 bridgehead atoms. The van der Waals surface area contributed by atoms with Crippen molar-refractivity contribution in [3.8, 4) is 0 Å². The molecule has 1 fully saturated rings. The monoisotopic (exact) mass is 295 g/mol. The molecule has 0 spiro atoms. The van der Waals surface area contributed by atoms with Gasteiger partial charge in [0, 0.05) is 37.0 Å². The Hall–Kier alpha value is -0.910. The summed E-state index contributed by atoms with van der Waals surface area (Å²) in [6.07, 6.45) is 1.97. The third-order valence-corrected chi connectivity index (χ3v) is 5.16. The van der Waals surface area contributed by atoms with Crippen LogP contribution in [0.1, 0.15) is 43.2 Å². The van der Waals surface area contributed by atoms with E-state index >= 15 is 0 Å². The fourth-order valence-corrected chi connectivity index (χ4v) is 4.12. The SMILES string of the molecule is CCC(N)C(c1sccc1C)N1CCC(NC(C)=O)C1. The number of hydrogen-bond donors (Lipinski definition) is 2. The molecule has 1 aliphatic rings. The first-order valence-electron chi connectivity index (χ1n) is 7.33. The highest BCUT2D eigenvalue weighted by atomic mass is 32.1. The Morgan fingerprint density at radius 3 is 2.95 bits per heavy atom. The Morgan fingerprint density at radius 2 is 2.40 bits per heavy atom. The molecular weight excluding hydrogens is 270 g/mol. The van der Waals surface area contributed by atoms with Crippen LogP contribution in [-0.4, -0.2) is 36.0 Å². The van der Waals surface area contributed by atoms with Crippen LogP contribution in [0.3, 0.4) is 0 Å². The fraction of sp³-hybridized carbons (Fsp3) is 0.667. The van der Waals surface area contributed by atoms with E-state index in [2.05, 4.69) is 35.5 Å². The van der Waals surface area contributed by atoms with Crippen molar-refractivity contribution in [1.29, 1.82) is 0 Å². The smallest absolute Gasteiger partial charge is 0.217 e. The van der Waals surface area contributed by atoms with Gasteiger partial charge in [-0.3, -0.25) is 9.69 Å². The number of hydrogen-bond acceptors (Lipinski definition) is 4. The molecule has 1 aromatic rings. The van der Waals surface area contributed by atoms with Crippen molar-refractivity contribution in [2.24, 2.45) is 5.73 Å². The summed E-state index contributed by atoms with van der Waals surface area (Å²) in [5.41, 5.74) is 7.71. The van der Waals surface area contributed by atoms with Crippen LogP contribution in [0.25, 0.3) is 0 Å². The van der Waals surface area contributed by atoms with Crippen LogP contribution in [0.4, 0.5) is 0 Å². The second-order valence-corrected chi connectivity index (χ2v) is 6.61. The van der Waals surface area contributed by atoms with Gasteiger partial charge in [-0.15, -0.1) is 11.3 Å². The lowest BCUT2D eigenvalue weighted by molar-refractivity contribution is -0.119. The van der Waals surface area contributed by atoms with Gasteiger partial charge in [-0.25, -0.2) is 0 Å². The van der Waals surface area contributed by atoms with E-state index in [0.717, 1.165) is 25.9 Å². The first-order valence-corrected chi connectivity index (χ1v) is 8.21. The van der Waals surface area contributed by atoms with Crippen molar-refractivity contribution < 1.29 is 4.79 Å². The van der Waals surface area contributed by atoms with Crippen LogP contribution in [0.15, 0.2) is 11.4 Å². The molecule has 112 valence electrons. The van der Waals surface area contributed by atoms with Gasteiger partial charge in [-0.2, -0.15) is 0 Å². The van der Waals surface area contributed by atoms with Gasteiger partial charge in [0.15, 0.2) is 0 Å². The number of likely N-dealkylation sites (tertiary alicyclic amines) is 1. The maximum Gasteiger partial charge on any atom is 0.217 e. The van der Waals surface area contributed by atoms with Gasteiger partial charge in [0.1, 0.15) is 0 Å². The number of nitrogens with one attached hydrogen (secondary N) is 1. The Bertz CT molecular complexity index is 460. The number of aryl methyl sites for hydroxylation is 1. The van der Waals surface area contributed by atoms with Crippen molar-refractivity contribution in [1.82, 2.24) is 10.2 Å². The molecule has 2 rings (SSSR count). The van der Waals surface area contributed by atoms with Crippen LogP contribution < -0.4 is 11.1 Å². The zero-order valence-corrected chi connectivity index (χ0v) is 13.4. The zero-order chi connectivity index (χ0) is 14.7. The van der Waals surface area contributed by atoms with Crippen molar-refractivity contribution in [2.75, 3.05) is 13.1 Å². The molecule has 1 aromatic heterocycles. The highest BCUT2D eigenvalue weighted by molar-refractivity contribution is 7.10. The summed E-state index contributed by atoms with van der Waals surface area (Å²) in [4.78, 5) is 15.0. The van der Waals surface area contributed by atoms with Crippen molar-refractivity contribution >= 4 is 17.2 Å². The summed E-state index contributed by atoms with van der Waals surface area (Å²) in [5.74, 6) is 0.0560. The van der Waals surface area contributed by atoms with E-state index in [1.807, 2.05) is 0 Å². The maximum atomic E-state index is 11.2. The number of thiophene rings is 1. The topological polar surface area (TPSA) is 58.4 Å². The standard InChI is InChI=1S/C15H25N3OS/c1-4-13(16)14(15-10(2)6-8-20-15)18-7-5-12(9-18)17-11(3)19/h6,8,12-14H,4-5,7,9,16H2,1-3H3,(H,17,19). The van der Waals surface area contributed by atoms with Crippen LogP contribution in [-0.2, 0) is 4.79 Å². The Balaban J connectivity index is 2.13. The van der Waals surface area contributed by atoms with E-state index < -0.39 is 0 Å². The molecule has 3 unspecified atom stereocenters. The van der Waals surface area contributed by atoms with E-state index in [9.17, 15) is 4.79 Å². The summed E-state index contributed by atoms with van der Waals surface area (Å²) >= 11 is 1.79. The average Bonchev–Trinajstić information content (AvgIpc) is 3.00. The summed E-state index contributed by atoms with van der Waals surface area (Å²) in [6, 6.07) is 2.85. The highest BCUT2D eigenvalue weighted by Gasteiger charge is 2.33. The number of carbonyl (C=O) groups excluding carboxylic acids is 1. The minimum absolute atomic E-state index is 0.0560. The number of nitrogens with zero attached hydrogens (tertiary/aromatic N) is 1. The molecule has 2 heterocycles. The van der Waals surface area contributed by atoms with Crippen LogP contribution in [0.2, 0.25) is 0 Å². The molecule has 20 heavy (non-hydrogen) atoms. The molecule has 4 nitrogen and oxygen atoms in total. The third-order valence-electron chi connectivity index (χ3n) is 4.07. The average molecular weight is 295 g/mol. The number of carbonyl (C=O) groups is 1. The summed E-state index contributed by atoms with van der Waals surface area (Å²) < 4.78 is 0. The van der Waals surface area contributed by atoms with Gasteiger partial charge in [-0.1, -0.05) is 6.92 Å². The molecule has 0 radical (unpaired) electrons. The minimum Gasteiger partial charge on any atom is -0.352 e. The van der Waals surface area contributed by atoms with Gasteiger partial charge in [0.05, 0.1) is 6.04 Å². The highest BCUT2D eigenvalue weighted by Crippen LogP contribution is 2.34. The third kappa shape index (κ3) is 3.40. The Kier molecular flexibility index (Phi) is 5.18. The molecule has 0 aliphatic carbocycles. The van der Waals surface area contributed by atoms with Crippen LogP contribution >= 0.6 is 11.3 Å².